The maximum absolute atomic E-state index is 11.2. The van der Waals surface area contributed by atoms with Gasteiger partial charge in [0.05, 0.1) is 12.3 Å². The van der Waals surface area contributed by atoms with Crippen LogP contribution in [0.25, 0.3) is 0 Å². The topological polar surface area (TPSA) is 96.5 Å². The molecule has 1 rings (SSSR count). The molecular weight excluding hydrogens is 194 g/mol. The summed E-state index contributed by atoms with van der Waals surface area (Å²) in [6.07, 6.45) is -0.617. The van der Waals surface area contributed by atoms with Crippen LogP contribution in [0.1, 0.15) is 0 Å². The number of hydrogen-bond acceptors (Lipinski definition) is 5. The van der Waals surface area contributed by atoms with Gasteiger partial charge in [0.1, 0.15) is 6.61 Å². The lowest BCUT2D eigenvalue weighted by atomic mass is 10.5. The van der Waals surface area contributed by atoms with E-state index in [1.807, 2.05) is 0 Å². The third kappa shape index (κ3) is 2.62. The molecule has 72 valence electrons. The number of amidine groups is 1. The Morgan fingerprint density at radius 1 is 1.77 bits per heavy atom. The Bertz CT molecular complexity index is 256. The number of nitrogens with two attached hydrogens (primary N) is 1. The van der Waals surface area contributed by atoms with Crippen molar-refractivity contribution < 1.29 is 14.3 Å². The number of hydrogen-bond donors (Lipinski definition) is 2. The van der Waals surface area contributed by atoms with Crippen molar-refractivity contribution in [3.05, 3.63) is 0 Å². The summed E-state index contributed by atoms with van der Waals surface area (Å²) < 4.78 is 4.57. The summed E-state index contributed by atoms with van der Waals surface area (Å²) in [5, 5.41) is 6.72. The molecule has 0 bridgehead atoms. The fraction of sp³-hybridized carbons (Fsp3) is 0.500. The van der Waals surface area contributed by atoms with Gasteiger partial charge in [0.2, 0.25) is 5.91 Å². The number of imide groups is 1. The first-order chi connectivity index (χ1) is 6.11. The number of rotatable bonds is 2. The Hall–Kier alpha value is -1.24. The molecule has 1 aliphatic heterocycles. The van der Waals surface area contributed by atoms with Crippen molar-refractivity contribution >= 4 is 28.9 Å². The standard InChI is InChI=1S/C6H9N3O3S/c7-5(8)13-3-4(10)9-1-2-12-6(9)11/h1-3H2,(H3,7,8). The van der Waals surface area contributed by atoms with E-state index in [1.165, 1.54) is 0 Å². The maximum atomic E-state index is 11.2. The first kappa shape index (κ1) is 9.85. The minimum Gasteiger partial charge on any atom is -0.447 e. The second kappa shape index (κ2) is 4.13. The first-order valence-electron chi connectivity index (χ1n) is 3.55. The Labute approximate surface area is 78.9 Å². The third-order valence-corrected chi connectivity index (χ3v) is 2.12. The van der Waals surface area contributed by atoms with Crippen LogP contribution in [0.4, 0.5) is 4.79 Å². The van der Waals surface area contributed by atoms with Crippen LogP contribution in [-0.4, -0.2) is 41.0 Å². The van der Waals surface area contributed by atoms with Crippen molar-refractivity contribution in [2.45, 2.75) is 0 Å². The van der Waals surface area contributed by atoms with Crippen molar-refractivity contribution in [2.24, 2.45) is 5.73 Å². The largest absolute Gasteiger partial charge is 0.447 e. The highest BCUT2D eigenvalue weighted by atomic mass is 32.2. The zero-order valence-electron chi connectivity index (χ0n) is 6.78. The summed E-state index contributed by atoms with van der Waals surface area (Å²) in [7, 11) is 0. The van der Waals surface area contributed by atoms with Crippen LogP contribution in [0, 0.1) is 5.41 Å². The minimum absolute atomic E-state index is 0.00440. The highest BCUT2D eigenvalue weighted by molar-refractivity contribution is 8.14. The second-order valence-electron chi connectivity index (χ2n) is 2.31. The van der Waals surface area contributed by atoms with Gasteiger partial charge >= 0.3 is 6.09 Å². The van der Waals surface area contributed by atoms with Gasteiger partial charge in [-0.3, -0.25) is 10.2 Å². The van der Waals surface area contributed by atoms with Crippen LogP contribution < -0.4 is 5.73 Å². The number of carbonyl (C=O) groups is 2. The van der Waals surface area contributed by atoms with Gasteiger partial charge in [-0.1, -0.05) is 11.8 Å². The summed E-state index contributed by atoms with van der Waals surface area (Å²) in [5.74, 6) is -0.368. The number of carbonyl (C=O) groups excluding carboxylic acids is 2. The van der Waals surface area contributed by atoms with E-state index in [2.05, 4.69) is 4.74 Å². The number of nitrogens with one attached hydrogen (secondary N) is 1. The summed E-state index contributed by atoms with van der Waals surface area (Å²) in [6.45, 7) is 0.533. The van der Waals surface area contributed by atoms with Crippen molar-refractivity contribution in [2.75, 3.05) is 18.9 Å². The molecule has 1 heterocycles. The molecule has 0 aromatic carbocycles. The lowest BCUT2D eigenvalue weighted by Gasteiger charge is -2.08. The highest BCUT2D eigenvalue weighted by Gasteiger charge is 2.27. The molecule has 1 fully saturated rings. The number of amides is 2. The molecule has 2 amide bonds. The van der Waals surface area contributed by atoms with Crippen LogP contribution in [0.2, 0.25) is 0 Å². The first-order valence-corrected chi connectivity index (χ1v) is 4.54. The monoisotopic (exact) mass is 203 g/mol. The van der Waals surface area contributed by atoms with Gasteiger partial charge < -0.3 is 10.5 Å². The average molecular weight is 203 g/mol. The van der Waals surface area contributed by atoms with Crippen molar-refractivity contribution in [3.63, 3.8) is 0 Å². The molecule has 7 heteroatoms. The maximum Gasteiger partial charge on any atom is 0.416 e. The van der Waals surface area contributed by atoms with Gasteiger partial charge in [-0.15, -0.1) is 0 Å². The lowest BCUT2D eigenvalue weighted by Crippen LogP contribution is -2.33. The third-order valence-electron chi connectivity index (χ3n) is 1.41. The molecule has 0 spiro atoms. The van der Waals surface area contributed by atoms with E-state index in [-0.39, 0.29) is 30.0 Å². The zero-order chi connectivity index (χ0) is 9.84. The molecule has 1 saturated heterocycles. The lowest BCUT2D eigenvalue weighted by molar-refractivity contribution is -0.124. The fourth-order valence-electron chi connectivity index (χ4n) is 0.837. The van der Waals surface area contributed by atoms with E-state index in [1.54, 1.807) is 0 Å². The summed E-state index contributed by atoms with van der Waals surface area (Å²) in [6, 6.07) is 0. The van der Waals surface area contributed by atoms with Crippen molar-refractivity contribution in [1.82, 2.24) is 4.90 Å². The second-order valence-corrected chi connectivity index (χ2v) is 3.33. The predicted molar refractivity (Wildman–Crippen MR) is 47.4 cm³/mol. The molecule has 6 nitrogen and oxygen atoms in total. The summed E-state index contributed by atoms with van der Waals surface area (Å²) >= 11 is 0.890. The van der Waals surface area contributed by atoms with Crippen molar-refractivity contribution in [3.8, 4) is 0 Å². The molecule has 0 atom stereocenters. The molecule has 0 unspecified atom stereocenters. The molecule has 0 aliphatic carbocycles. The predicted octanol–water partition coefficient (Wildman–Crippen LogP) is -0.408. The summed E-state index contributed by atoms with van der Waals surface area (Å²) in [5.41, 5.74) is 5.03. The van der Waals surface area contributed by atoms with Crippen LogP contribution in [-0.2, 0) is 9.53 Å². The Morgan fingerprint density at radius 2 is 2.46 bits per heavy atom. The minimum atomic E-state index is -0.617. The molecule has 1 aliphatic rings. The van der Waals surface area contributed by atoms with Crippen LogP contribution in [0.15, 0.2) is 0 Å². The molecule has 0 aromatic rings. The van der Waals surface area contributed by atoms with E-state index in [0.29, 0.717) is 0 Å². The van der Waals surface area contributed by atoms with Gasteiger partial charge in [-0.2, -0.15) is 0 Å². The van der Waals surface area contributed by atoms with E-state index >= 15 is 0 Å². The SMILES string of the molecule is N=C(N)SCC(=O)N1CCOC1=O. The van der Waals surface area contributed by atoms with Gasteiger partial charge in [0, 0.05) is 0 Å². The Morgan fingerprint density at radius 3 is 2.92 bits per heavy atom. The molecule has 3 N–H and O–H groups in total. The van der Waals surface area contributed by atoms with E-state index in [9.17, 15) is 9.59 Å². The van der Waals surface area contributed by atoms with Gasteiger partial charge in [-0.25, -0.2) is 9.69 Å². The Kier molecular flexibility index (Phi) is 3.13. The number of ether oxygens (including phenoxy) is 1. The quantitative estimate of drug-likeness (QED) is 0.470. The molecular formula is C6H9N3O3S. The Balaban J connectivity index is 2.39. The van der Waals surface area contributed by atoms with Crippen LogP contribution >= 0.6 is 11.8 Å². The fourth-order valence-corrected chi connectivity index (χ4v) is 1.27. The normalized spacial score (nSPS) is 15.7. The zero-order valence-corrected chi connectivity index (χ0v) is 7.60. The number of nitrogens with zero attached hydrogens (tertiary/aromatic N) is 1. The van der Waals surface area contributed by atoms with E-state index in [4.69, 9.17) is 11.1 Å². The summed E-state index contributed by atoms with van der Waals surface area (Å²) in [4.78, 5) is 23.1. The number of thioether (sulfide) groups is 1. The highest BCUT2D eigenvalue weighted by Crippen LogP contribution is 2.07. The van der Waals surface area contributed by atoms with Crippen LogP contribution in [0.5, 0.6) is 0 Å². The van der Waals surface area contributed by atoms with Gasteiger partial charge in [-0.05, 0) is 0 Å². The molecule has 0 aromatic heterocycles. The average Bonchev–Trinajstić information content (AvgIpc) is 2.47. The van der Waals surface area contributed by atoms with Gasteiger partial charge in [0.15, 0.2) is 5.17 Å². The molecule has 0 radical (unpaired) electrons. The van der Waals surface area contributed by atoms with Crippen LogP contribution in [0.3, 0.4) is 0 Å². The van der Waals surface area contributed by atoms with Gasteiger partial charge in [0.25, 0.3) is 0 Å². The molecule has 13 heavy (non-hydrogen) atoms. The van der Waals surface area contributed by atoms with E-state index < -0.39 is 6.09 Å². The van der Waals surface area contributed by atoms with Crippen molar-refractivity contribution in [1.29, 1.82) is 5.41 Å². The number of cyclic esters (lactones) is 1. The van der Waals surface area contributed by atoms with E-state index in [0.717, 1.165) is 16.7 Å². The smallest absolute Gasteiger partial charge is 0.416 e. The molecule has 0 saturated carbocycles.